The maximum Gasteiger partial charge on any atom is 0.408 e. The topological polar surface area (TPSA) is 78.9 Å². The third-order valence-corrected chi connectivity index (χ3v) is 4.59. The molecule has 6 nitrogen and oxygen atoms in total. The molecule has 1 aliphatic heterocycles. The summed E-state index contributed by atoms with van der Waals surface area (Å²) in [6.07, 6.45) is -3.60. The number of aliphatic hydroxyl groups is 1. The molecule has 2 aromatic rings. The van der Waals surface area contributed by atoms with Crippen molar-refractivity contribution < 1.29 is 23.8 Å². The number of carbonyl (C=O) groups is 2. The number of aliphatic hydroxyl groups excluding tert-OH is 1. The van der Waals surface area contributed by atoms with Crippen molar-refractivity contribution in [2.45, 2.75) is 44.8 Å². The number of ether oxygens (including phenoxy) is 1. The monoisotopic (exact) mass is 400 g/mol. The van der Waals surface area contributed by atoms with Gasteiger partial charge in [-0.15, -0.1) is 0 Å². The summed E-state index contributed by atoms with van der Waals surface area (Å²) in [7, 11) is 0. The highest BCUT2D eigenvalue weighted by molar-refractivity contribution is 5.98. The van der Waals surface area contributed by atoms with Crippen LogP contribution in [0.2, 0.25) is 0 Å². The number of nitrogens with zero attached hydrogens (tertiary/aromatic N) is 1. The quantitative estimate of drug-likeness (QED) is 0.802. The maximum atomic E-state index is 15.3. The Hall–Kier alpha value is -2.93. The van der Waals surface area contributed by atoms with Crippen LogP contribution in [0.4, 0.5) is 9.18 Å². The first-order valence-corrected chi connectivity index (χ1v) is 9.44. The summed E-state index contributed by atoms with van der Waals surface area (Å²) < 4.78 is 20.6. The molecule has 7 heteroatoms. The molecule has 2 amide bonds. The average Bonchev–Trinajstić information content (AvgIpc) is 2.91. The van der Waals surface area contributed by atoms with Gasteiger partial charge in [0.1, 0.15) is 11.8 Å². The van der Waals surface area contributed by atoms with E-state index in [0.29, 0.717) is 16.7 Å². The second-order valence-corrected chi connectivity index (χ2v) is 7.98. The van der Waals surface area contributed by atoms with Crippen molar-refractivity contribution in [3.63, 3.8) is 0 Å². The molecule has 154 valence electrons. The Bertz CT molecular complexity index is 882. The van der Waals surface area contributed by atoms with E-state index >= 15 is 4.39 Å². The van der Waals surface area contributed by atoms with E-state index < -0.39 is 36.0 Å². The van der Waals surface area contributed by atoms with Gasteiger partial charge in [-0.1, -0.05) is 48.5 Å². The lowest BCUT2D eigenvalue weighted by atomic mass is 10.0. The Labute approximate surface area is 169 Å². The van der Waals surface area contributed by atoms with Crippen LogP contribution in [0.1, 0.15) is 54.7 Å². The summed E-state index contributed by atoms with van der Waals surface area (Å²) in [5, 5.41) is 13.1. The minimum atomic E-state index is -1.60. The lowest BCUT2D eigenvalue weighted by Crippen LogP contribution is -2.48. The number of hydrogen-bond donors (Lipinski definition) is 2. The molecule has 2 aromatic carbocycles. The van der Waals surface area contributed by atoms with Crippen LogP contribution in [0, 0.1) is 0 Å². The minimum Gasteiger partial charge on any atom is -0.444 e. The van der Waals surface area contributed by atoms with Crippen molar-refractivity contribution in [1.29, 1.82) is 0 Å². The molecule has 0 saturated carbocycles. The van der Waals surface area contributed by atoms with Gasteiger partial charge in [0, 0.05) is 17.7 Å². The Morgan fingerprint density at radius 2 is 1.79 bits per heavy atom. The highest BCUT2D eigenvalue weighted by Gasteiger charge is 2.39. The molecule has 3 atom stereocenters. The Morgan fingerprint density at radius 3 is 2.41 bits per heavy atom. The fourth-order valence-electron chi connectivity index (χ4n) is 3.28. The van der Waals surface area contributed by atoms with E-state index in [4.69, 9.17) is 4.74 Å². The van der Waals surface area contributed by atoms with Crippen molar-refractivity contribution in [2.24, 2.45) is 0 Å². The van der Waals surface area contributed by atoms with Gasteiger partial charge < -0.3 is 20.1 Å². The van der Waals surface area contributed by atoms with Gasteiger partial charge in [-0.05, 0) is 32.4 Å². The Kier molecular flexibility index (Phi) is 5.88. The number of fused-ring (bicyclic) bond motifs is 1. The number of halogens is 1. The van der Waals surface area contributed by atoms with Crippen LogP contribution in [0.5, 0.6) is 0 Å². The SMILES string of the molecule is CC(C)(C)OC(=O)N[C@H](CN1C(=O)c2ccccc2C1O)[C@H](F)c1ccccc1. The predicted molar refractivity (Wildman–Crippen MR) is 106 cm³/mol. The molecule has 0 spiro atoms. The second kappa shape index (κ2) is 8.21. The van der Waals surface area contributed by atoms with Crippen LogP contribution in [-0.4, -0.2) is 40.2 Å². The van der Waals surface area contributed by atoms with Crippen molar-refractivity contribution >= 4 is 12.0 Å². The maximum absolute atomic E-state index is 15.3. The van der Waals surface area contributed by atoms with E-state index in [1.165, 1.54) is 0 Å². The molecule has 1 aliphatic rings. The van der Waals surface area contributed by atoms with Gasteiger partial charge in [-0.2, -0.15) is 0 Å². The van der Waals surface area contributed by atoms with Crippen LogP contribution < -0.4 is 5.32 Å². The van der Waals surface area contributed by atoms with Crippen molar-refractivity contribution in [2.75, 3.05) is 6.54 Å². The molecule has 0 aromatic heterocycles. The summed E-state index contributed by atoms with van der Waals surface area (Å²) >= 11 is 0. The zero-order valence-corrected chi connectivity index (χ0v) is 16.6. The van der Waals surface area contributed by atoms with Crippen molar-refractivity contribution in [1.82, 2.24) is 10.2 Å². The van der Waals surface area contributed by atoms with Gasteiger partial charge in [0.2, 0.25) is 0 Å². The molecular weight excluding hydrogens is 375 g/mol. The zero-order chi connectivity index (χ0) is 21.2. The summed E-state index contributed by atoms with van der Waals surface area (Å²) in [5.41, 5.74) is 0.425. The molecule has 0 aliphatic carbocycles. The zero-order valence-electron chi connectivity index (χ0n) is 16.6. The number of amides is 2. The predicted octanol–water partition coefficient (Wildman–Crippen LogP) is 3.74. The Morgan fingerprint density at radius 1 is 1.17 bits per heavy atom. The molecule has 2 N–H and O–H groups in total. The molecule has 0 bridgehead atoms. The van der Waals surface area contributed by atoms with E-state index in [0.717, 1.165) is 4.90 Å². The van der Waals surface area contributed by atoms with Crippen molar-refractivity contribution in [3.05, 3.63) is 71.3 Å². The first-order valence-electron chi connectivity index (χ1n) is 9.44. The number of alkyl halides is 1. The fourth-order valence-corrected chi connectivity index (χ4v) is 3.28. The van der Waals surface area contributed by atoms with E-state index in [-0.39, 0.29) is 6.54 Å². The number of alkyl carbamates (subject to hydrolysis) is 1. The largest absolute Gasteiger partial charge is 0.444 e. The van der Waals surface area contributed by atoms with Crippen LogP contribution in [0.15, 0.2) is 54.6 Å². The number of benzene rings is 2. The smallest absolute Gasteiger partial charge is 0.408 e. The molecule has 0 radical (unpaired) electrons. The van der Waals surface area contributed by atoms with Crippen LogP contribution in [0.25, 0.3) is 0 Å². The number of carbonyl (C=O) groups excluding carboxylic acids is 2. The van der Waals surface area contributed by atoms with E-state index in [2.05, 4.69) is 5.32 Å². The lowest BCUT2D eigenvalue weighted by molar-refractivity contribution is 0.00523. The van der Waals surface area contributed by atoms with Crippen LogP contribution in [0.3, 0.4) is 0 Å². The summed E-state index contributed by atoms with van der Waals surface area (Å²) in [4.78, 5) is 26.2. The van der Waals surface area contributed by atoms with Gasteiger partial charge >= 0.3 is 6.09 Å². The van der Waals surface area contributed by atoms with Gasteiger partial charge in [0.25, 0.3) is 5.91 Å². The Balaban J connectivity index is 1.83. The first kappa shape index (κ1) is 20.8. The van der Waals surface area contributed by atoms with Gasteiger partial charge in [-0.25, -0.2) is 9.18 Å². The lowest BCUT2D eigenvalue weighted by Gasteiger charge is -2.30. The molecule has 1 heterocycles. The minimum absolute atomic E-state index is 0.218. The number of hydrogen-bond acceptors (Lipinski definition) is 4. The summed E-state index contributed by atoms with van der Waals surface area (Å²) in [6, 6.07) is 13.9. The summed E-state index contributed by atoms with van der Waals surface area (Å²) in [5.74, 6) is -0.413. The molecule has 3 rings (SSSR count). The summed E-state index contributed by atoms with van der Waals surface area (Å²) in [6.45, 7) is 4.90. The highest BCUT2D eigenvalue weighted by Crippen LogP contribution is 2.33. The highest BCUT2D eigenvalue weighted by atomic mass is 19.1. The number of nitrogens with one attached hydrogen (secondary N) is 1. The molecule has 0 saturated heterocycles. The standard InChI is InChI=1S/C22H25FN2O4/c1-22(2,3)29-21(28)24-17(18(23)14-9-5-4-6-10-14)13-25-19(26)15-11-7-8-12-16(15)20(25)27/h4-12,17-19,26H,13H2,1-3H3,(H,24,28)/t17-,18-,19?/m1/s1. The van der Waals surface area contributed by atoms with Gasteiger partial charge in [-0.3, -0.25) is 4.79 Å². The van der Waals surface area contributed by atoms with Crippen LogP contribution in [-0.2, 0) is 4.74 Å². The molecule has 0 fully saturated rings. The third-order valence-electron chi connectivity index (χ3n) is 4.59. The van der Waals surface area contributed by atoms with E-state index in [9.17, 15) is 14.7 Å². The third kappa shape index (κ3) is 4.74. The number of rotatable bonds is 5. The fraction of sp³-hybridized carbons (Fsp3) is 0.364. The normalized spacial score (nSPS) is 18.2. The van der Waals surface area contributed by atoms with Gasteiger partial charge in [0.15, 0.2) is 6.23 Å². The average molecular weight is 400 g/mol. The first-order chi connectivity index (χ1) is 13.7. The van der Waals surface area contributed by atoms with Gasteiger partial charge in [0.05, 0.1) is 6.04 Å². The second-order valence-electron chi connectivity index (χ2n) is 7.98. The van der Waals surface area contributed by atoms with Crippen molar-refractivity contribution in [3.8, 4) is 0 Å². The van der Waals surface area contributed by atoms with E-state index in [1.54, 1.807) is 75.4 Å². The van der Waals surface area contributed by atoms with E-state index in [1.807, 2.05) is 0 Å². The van der Waals surface area contributed by atoms with Crippen LogP contribution >= 0.6 is 0 Å². The molecule has 29 heavy (non-hydrogen) atoms. The molecular formula is C22H25FN2O4. The molecule has 1 unspecified atom stereocenters.